The Hall–Kier alpha value is -2.96. The van der Waals surface area contributed by atoms with Crippen molar-refractivity contribution < 1.29 is 19.8 Å². The van der Waals surface area contributed by atoms with Crippen molar-refractivity contribution in [2.45, 2.75) is 0 Å². The Balaban J connectivity index is 2.19. The number of phenols is 1. The second kappa shape index (κ2) is 5.13. The minimum absolute atomic E-state index is 0.115. The molecule has 19 heavy (non-hydrogen) atoms. The summed E-state index contributed by atoms with van der Waals surface area (Å²) in [5.74, 6) is -2.18. The van der Waals surface area contributed by atoms with Crippen molar-refractivity contribution in [3.63, 3.8) is 0 Å². The number of carboxylic acids is 1. The number of amides is 1. The van der Waals surface area contributed by atoms with E-state index in [1.807, 2.05) is 0 Å². The van der Waals surface area contributed by atoms with Gasteiger partial charge < -0.3 is 15.5 Å². The van der Waals surface area contributed by atoms with Crippen molar-refractivity contribution in [2.24, 2.45) is 0 Å². The predicted molar refractivity (Wildman–Crippen MR) is 65.1 cm³/mol. The van der Waals surface area contributed by atoms with Gasteiger partial charge in [-0.1, -0.05) is 0 Å². The van der Waals surface area contributed by atoms with Gasteiger partial charge in [-0.2, -0.15) is 0 Å². The van der Waals surface area contributed by atoms with Crippen LogP contribution in [0, 0.1) is 0 Å². The molecule has 0 unspecified atom stereocenters. The molecule has 0 aliphatic heterocycles. The first-order valence-electron chi connectivity index (χ1n) is 5.21. The molecule has 0 spiro atoms. The molecule has 0 bridgehead atoms. The molecule has 3 N–H and O–H groups in total. The zero-order valence-corrected chi connectivity index (χ0v) is 9.57. The lowest BCUT2D eigenvalue weighted by molar-refractivity contribution is 0.0693. The number of hydrogen-bond acceptors (Lipinski definition) is 5. The number of aromatic nitrogens is 2. The molecule has 1 aromatic heterocycles. The first-order valence-corrected chi connectivity index (χ1v) is 5.21. The highest BCUT2D eigenvalue weighted by Crippen LogP contribution is 2.22. The van der Waals surface area contributed by atoms with Crippen LogP contribution < -0.4 is 5.32 Å². The van der Waals surface area contributed by atoms with Crippen LogP contribution in [0.5, 0.6) is 5.75 Å². The number of hydrogen-bond donors (Lipinski definition) is 3. The number of nitrogens with zero attached hydrogens (tertiary/aromatic N) is 2. The lowest BCUT2D eigenvalue weighted by atomic mass is 10.2. The fraction of sp³-hybridized carbons (Fsp3) is 0. The van der Waals surface area contributed by atoms with Gasteiger partial charge in [-0.15, -0.1) is 0 Å². The first-order chi connectivity index (χ1) is 9.08. The fourth-order valence-electron chi connectivity index (χ4n) is 1.40. The second-order valence-corrected chi connectivity index (χ2v) is 3.58. The number of carbonyl (C=O) groups excluding carboxylic acids is 1. The van der Waals surface area contributed by atoms with Crippen molar-refractivity contribution in [1.29, 1.82) is 0 Å². The topological polar surface area (TPSA) is 112 Å². The normalized spacial score (nSPS) is 9.89. The molecule has 7 nitrogen and oxygen atoms in total. The van der Waals surface area contributed by atoms with E-state index < -0.39 is 17.6 Å². The molecule has 0 saturated carbocycles. The standard InChI is InChI=1S/C12H9N3O4/c16-10-5-7(1-2-8(10)12(18)19)15-11(17)9-6-13-3-4-14-9/h1-6,16H,(H,15,17)(H,18,19). The van der Waals surface area contributed by atoms with Gasteiger partial charge in [0.15, 0.2) is 0 Å². The quantitative estimate of drug-likeness (QED) is 0.761. The zero-order chi connectivity index (χ0) is 13.8. The minimum Gasteiger partial charge on any atom is -0.507 e. The van der Waals surface area contributed by atoms with Crippen molar-refractivity contribution >= 4 is 17.6 Å². The summed E-state index contributed by atoms with van der Waals surface area (Å²) in [6.07, 6.45) is 4.10. The molecule has 0 saturated heterocycles. The van der Waals surface area contributed by atoms with Crippen molar-refractivity contribution in [3.05, 3.63) is 48.0 Å². The van der Waals surface area contributed by atoms with Crippen molar-refractivity contribution in [2.75, 3.05) is 5.32 Å². The fourth-order valence-corrected chi connectivity index (χ4v) is 1.40. The number of aromatic hydroxyl groups is 1. The molecule has 0 fully saturated rings. The average molecular weight is 259 g/mol. The monoisotopic (exact) mass is 259 g/mol. The maximum absolute atomic E-state index is 11.7. The number of carbonyl (C=O) groups is 2. The molecule has 0 aliphatic carbocycles. The molecule has 1 aromatic carbocycles. The molecule has 1 heterocycles. The van der Waals surface area contributed by atoms with Crippen LogP contribution >= 0.6 is 0 Å². The van der Waals surface area contributed by atoms with Crippen LogP contribution in [0.15, 0.2) is 36.8 Å². The van der Waals surface area contributed by atoms with E-state index in [-0.39, 0.29) is 16.9 Å². The Morgan fingerprint density at radius 1 is 1.21 bits per heavy atom. The van der Waals surface area contributed by atoms with Crippen LogP contribution in [0.4, 0.5) is 5.69 Å². The van der Waals surface area contributed by atoms with Crippen LogP contribution in [0.25, 0.3) is 0 Å². The minimum atomic E-state index is -1.25. The van der Waals surface area contributed by atoms with E-state index in [0.717, 1.165) is 6.07 Å². The molecular formula is C12H9N3O4. The Kier molecular flexibility index (Phi) is 3.37. The first kappa shape index (κ1) is 12.5. The third kappa shape index (κ3) is 2.83. The highest BCUT2D eigenvalue weighted by molar-refractivity contribution is 6.03. The molecule has 96 valence electrons. The number of anilines is 1. The molecule has 0 atom stereocenters. The summed E-state index contributed by atoms with van der Waals surface area (Å²) in [6, 6.07) is 3.72. The largest absolute Gasteiger partial charge is 0.507 e. The summed E-state index contributed by atoms with van der Waals surface area (Å²) >= 11 is 0. The van der Waals surface area contributed by atoms with E-state index >= 15 is 0 Å². The van der Waals surface area contributed by atoms with E-state index in [1.165, 1.54) is 30.7 Å². The van der Waals surface area contributed by atoms with E-state index in [2.05, 4.69) is 15.3 Å². The highest BCUT2D eigenvalue weighted by atomic mass is 16.4. The average Bonchev–Trinajstić information content (AvgIpc) is 2.39. The van der Waals surface area contributed by atoms with Gasteiger partial charge in [0.1, 0.15) is 17.0 Å². The van der Waals surface area contributed by atoms with E-state index in [0.29, 0.717) is 0 Å². The predicted octanol–water partition coefficient (Wildman–Crippen LogP) is 1.13. The summed E-state index contributed by atoms with van der Waals surface area (Å²) in [6.45, 7) is 0. The Morgan fingerprint density at radius 3 is 2.58 bits per heavy atom. The summed E-state index contributed by atoms with van der Waals surface area (Å²) in [4.78, 5) is 30.0. The van der Waals surface area contributed by atoms with Crippen LogP contribution in [-0.2, 0) is 0 Å². The van der Waals surface area contributed by atoms with Gasteiger partial charge in [-0.25, -0.2) is 9.78 Å². The van der Waals surface area contributed by atoms with Crippen LogP contribution in [0.1, 0.15) is 20.8 Å². The Bertz CT molecular complexity index is 628. The molecule has 0 aliphatic rings. The summed E-state index contributed by atoms with van der Waals surface area (Å²) in [5.41, 5.74) is 0.139. The molecule has 0 radical (unpaired) electrons. The van der Waals surface area contributed by atoms with Gasteiger partial charge >= 0.3 is 5.97 Å². The van der Waals surface area contributed by atoms with Gasteiger partial charge in [0, 0.05) is 24.1 Å². The molecule has 2 aromatic rings. The number of aromatic carboxylic acids is 1. The second-order valence-electron chi connectivity index (χ2n) is 3.58. The lowest BCUT2D eigenvalue weighted by Gasteiger charge is -2.06. The van der Waals surface area contributed by atoms with Crippen LogP contribution in [0.2, 0.25) is 0 Å². The SMILES string of the molecule is O=C(Nc1ccc(C(=O)O)c(O)c1)c1cnccn1. The van der Waals surface area contributed by atoms with Gasteiger partial charge in [0.05, 0.1) is 6.20 Å². The molecule has 1 amide bonds. The van der Waals surface area contributed by atoms with Gasteiger partial charge in [-0.05, 0) is 12.1 Å². The maximum Gasteiger partial charge on any atom is 0.339 e. The molecule has 2 rings (SSSR count). The highest BCUT2D eigenvalue weighted by Gasteiger charge is 2.12. The van der Waals surface area contributed by atoms with E-state index in [1.54, 1.807) is 0 Å². The maximum atomic E-state index is 11.7. The summed E-state index contributed by atoms with van der Waals surface area (Å²) in [5, 5.41) is 20.7. The zero-order valence-electron chi connectivity index (χ0n) is 9.57. The summed E-state index contributed by atoms with van der Waals surface area (Å²) in [7, 11) is 0. The number of benzene rings is 1. The third-order valence-corrected chi connectivity index (χ3v) is 2.28. The smallest absolute Gasteiger partial charge is 0.339 e. The Labute approximate surface area is 107 Å². The number of nitrogens with one attached hydrogen (secondary N) is 1. The lowest BCUT2D eigenvalue weighted by Crippen LogP contribution is -2.13. The third-order valence-electron chi connectivity index (χ3n) is 2.28. The molecular weight excluding hydrogens is 250 g/mol. The Morgan fingerprint density at radius 2 is 2.00 bits per heavy atom. The van der Waals surface area contributed by atoms with Crippen LogP contribution in [-0.4, -0.2) is 32.1 Å². The van der Waals surface area contributed by atoms with Gasteiger partial charge in [0.25, 0.3) is 5.91 Å². The van der Waals surface area contributed by atoms with Gasteiger partial charge in [-0.3, -0.25) is 9.78 Å². The number of rotatable bonds is 3. The summed E-state index contributed by atoms with van der Waals surface area (Å²) < 4.78 is 0. The van der Waals surface area contributed by atoms with Crippen molar-refractivity contribution in [3.8, 4) is 5.75 Å². The van der Waals surface area contributed by atoms with E-state index in [9.17, 15) is 14.7 Å². The number of carboxylic acid groups (broad SMARTS) is 1. The van der Waals surface area contributed by atoms with Gasteiger partial charge in [0.2, 0.25) is 0 Å². The molecule has 7 heteroatoms. The van der Waals surface area contributed by atoms with Crippen molar-refractivity contribution in [1.82, 2.24) is 9.97 Å². The van der Waals surface area contributed by atoms with E-state index in [4.69, 9.17) is 5.11 Å². The van der Waals surface area contributed by atoms with Crippen LogP contribution in [0.3, 0.4) is 0 Å².